The van der Waals surface area contributed by atoms with Crippen LogP contribution in [-0.4, -0.2) is 11.9 Å². The average Bonchev–Trinajstić information content (AvgIpc) is 2.45. The first kappa shape index (κ1) is 15.1. The molecule has 0 spiro atoms. The van der Waals surface area contributed by atoms with E-state index >= 15 is 0 Å². The summed E-state index contributed by atoms with van der Waals surface area (Å²) in [6.45, 7) is 1.90. The summed E-state index contributed by atoms with van der Waals surface area (Å²) in [5.74, 6) is 0.153. The maximum absolute atomic E-state index is 12.3. The van der Waals surface area contributed by atoms with Crippen LogP contribution in [0.15, 0.2) is 22.7 Å². The number of nitriles is 1. The Balaban J connectivity index is 2.07. The lowest BCUT2D eigenvalue weighted by Crippen LogP contribution is -2.40. The van der Waals surface area contributed by atoms with Gasteiger partial charge in [0.05, 0.1) is 6.07 Å². The van der Waals surface area contributed by atoms with Gasteiger partial charge < -0.3 is 5.32 Å². The maximum Gasteiger partial charge on any atom is 0.252 e. The predicted octanol–water partition coefficient (Wildman–Crippen LogP) is 3.96. The first-order valence-electron chi connectivity index (χ1n) is 7.08. The van der Waals surface area contributed by atoms with E-state index in [9.17, 15) is 10.1 Å². The van der Waals surface area contributed by atoms with Gasteiger partial charge in [-0.25, -0.2) is 0 Å². The van der Waals surface area contributed by atoms with Crippen molar-refractivity contribution in [3.63, 3.8) is 0 Å². The van der Waals surface area contributed by atoms with Gasteiger partial charge in [0, 0.05) is 10.0 Å². The Labute approximate surface area is 128 Å². The molecule has 1 aliphatic rings. The predicted molar refractivity (Wildman–Crippen MR) is 82.3 cm³/mol. The highest BCUT2D eigenvalue weighted by Gasteiger charge is 2.25. The molecule has 1 aliphatic carbocycles. The third-order valence-electron chi connectivity index (χ3n) is 3.98. The number of benzene rings is 1. The Kier molecular flexibility index (Phi) is 5.19. The molecule has 1 aromatic carbocycles. The van der Waals surface area contributed by atoms with Crippen LogP contribution in [0, 0.1) is 24.2 Å². The number of nitrogens with zero attached hydrogens (tertiary/aromatic N) is 1. The number of halogens is 1. The molecule has 1 N–H and O–H groups in total. The number of carbonyl (C=O) groups excluding carboxylic acids is 1. The number of nitrogens with one attached hydrogen (secondary N) is 1. The zero-order chi connectivity index (χ0) is 14.5. The monoisotopic (exact) mass is 334 g/mol. The fourth-order valence-corrected chi connectivity index (χ4v) is 3.30. The third kappa shape index (κ3) is 3.61. The van der Waals surface area contributed by atoms with Crippen LogP contribution in [-0.2, 0) is 0 Å². The van der Waals surface area contributed by atoms with Crippen molar-refractivity contribution < 1.29 is 4.79 Å². The van der Waals surface area contributed by atoms with Crippen LogP contribution in [0.1, 0.15) is 48.0 Å². The Bertz CT molecular complexity index is 530. The average molecular weight is 335 g/mol. The second kappa shape index (κ2) is 6.90. The minimum Gasteiger partial charge on any atom is -0.336 e. The summed E-state index contributed by atoms with van der Waals surface area (Å²) in [5, 5.41) is 12.2. The number of carbonyl (C=O) groups is 1. The normalized spacial score (nSPS) is 17.2. The largest absolute Gasteiger partial charge is 0.336 e. The van der Waals surface area contributed by atoms with Crippen molar-refractivity contribution in [3.05, 3.63) is 33.8 Å². The molecule has 0 saturated heterocycles. The van der Waals surface area contributed by atoms with Crippen LogP contribution in [0.3, 0.4) is 0 Å². The Morgan fingerprint density at radius 1 is 1.40 bits per heavy atom. The van der Waals surface area contributed by atoms with Gasteiger partial charge in [0.1, 0.15) is 6.04 Å². The van der Waals surface area contributed by atoms with E-state index in [4.69, 9.17) is 0 Å². The van der Waals surface area contributed by atoms with Crippen LogP contribution >= 0.6 is 15.9 Å². The lowest BCUT2D eigenvalue weighted by molar-refractivity contribution is 0.0928. The van der Waals surface area contributed by atoms with Crippen molar-refractivity contribution in [3.8, 4) is 6.07 Å². The zero-order valence-electron chi connectivity index (χ0n) is 11.7. The molecule has 4 heteroatoms. The number of rotatable bonds is 3. The Morgan fingerprint density at radius 2 is 2.10 bits per heavy atom. The van der Waals surface area contributed by atoms with Gasteiger partial charge in [-0.3, -0.25) is 4.79 Å². The van der Waals surface area contributed by atoms with Crippen molar-refractivity contribution in [1.82, 2.24) is 5.32 Å². The number of hydrogen-bond donors (Lipinski definition) is 1. The highest BCUT2D eigenvalue weighted by Crippen LogP contribution is 2.26. The van der Waals surface area contributed by atoms with E-state index in [-0.39, 0.29) is 11.9 Å². The number of hydrogen-bond acceptors (Lipinski definition) is 2. The minimum absolute atomic E-state index is 0.146. The van der Waals surface area contributed by atoms with Gasteiger partial charge in [-0.2, -0.15) is 5.26 Å². The standard InChI is InChI=1S/C16H19BrN2O/c1-11-9-13(17)7-8-14(11)16(20)19-15(10-18)12-5-3-2-4-6-12/h7-9,12,15H,2-6H2,1H3,(H,19,20). The van der Waals surface area contributed by atoms with Gasteiger partial charge >= 0.3 is 0 Å². The molecule has 106 valence electrons. The summed E-state index contributed by atoms with van der Waals surface area (Å²) in [6, 6.07) is 7.45. The molecule has 1 aromatic rings. The van der Waals surface area contributed by atoms with Gasteiger partial charge in [-0.15, -0.1) is 0 Å². The molecule has 1 amide bonds. The molecule has 1 fully saturated rings. The summed E-state index contributed by atoms with van der Waals surface area (Å²) in [5.41, 5.74) is 1.56. The van der Waals surface area contributed by atoms with E-state index in [1.165, 1.54) is 6.42 Å². The second-order valence-corrected chi connectivity index (χ2v) is 6.35. The molecule has 1 saturated carbocycles. The van der Waals surface area contributed by atoms with Crippen LogP contribution in [0.4, 0.5) is 0 Å². The smallest absolute Gasteiger partial charge is 0.252 e. The van der Waals surface area contributed by atoms with E-state index in [0.29, 0.717) is 11.5 Å². The second-order valence-electron chi connectivity index (χ2n) is 5.44. The maximum atomic E-state index is 12.3. The molecule has 20 heavy (non-hydrogen) atoms. The van der Waals surface area contributed by atoms with Crippen molar-refractivity contribution in [2.75, 3.05) is 0 Å². The minimum atomic E-state index is -0.370. The van der Waals surface area contributed by atoms with E-state index in [0.717, 1.165) is 35.7 Å². The van der Waals surface area contributed by atoms with Gasteiger partial charge in [0.15, 0.2) is 0 Å². The van der Waals surface area contributed by atoms with Crippen LogP contribution < -0.4 is 5.32 Å². The van der Waals surface area contributed by atoms with Crippen molar-refractivity contribution in [2.45, 2.75) is 45.1 Å². The van der Waals surface area contributed by atoms with Crippen molar-refractivity contribution >= 4 is 21.8 Å². The van der Waals surface area contributed by atoms with E-state index in [1.807, 2.05) is 19.1 Å². The molecule has 0 bridgehead atoms. The lowest BCUT2D eigenvalue weighted by Gasteiger charge is -2.26. The van der Waals surface area contributed by atoms with E-state index < -0.39 is 0 Å². The van der Waals surface area contributed by atoms with Gasteiger partial charge in [-0.1, -0.05) is 35.2 Å². The molecule has 3 nitrogen and oxygen atoms in total. The Hall–Kier alpha value is -1.34. The summed E-state index contributed by atoms with van der Waals surface area (Å²) < 4.78 is 0.954. The first-order valence-corrected chi connectivity index (χ1v) is 7.87. The highest BCUT2D eigenvalue weighted by molar-refractivity contribution is 9.10. The lowest BCUT2D eigenvalue weighted by atomic mass is 9.84. The van der Waals surface area contributed by atoms with E-state index in [1.54, 1.807) is 6.07 Å². The fourth-order valence-electron chi connectivity index (χ4n) is 2.82. The highest BCUT2D eigenvalue weighted by atomic mass is 79.9. The summed E-state index contributed by atoms with van der Waals surface area (Å²) in [4.78, 5) is 12.3. The summed E-state index contributed by atoms with van der Waals surface area (Å²) >= 11 is 3.39. The van der Waals surface area contributed by atoms with E-state index in [2.05, 4.69) is 27.3 Å². The van der Waals surface area contributed by atoms with Crippen LogP contribution in [0.25, 0.3) is 0 Å². The molecule has 2 rings (SSSR count). The van der Waals surface area contributed by atoms with Crippen LogP contribution in [0.5, 0.6) is 0 Å². The molecular formula is C16H19BrN2O. The molecule has 0 radical (unpaired) electrons. The van der Waals surface area contributed by atoms with Crippen molar-refractivity contribution in [2.24, 2.45) is 5.92 Å². The number of aryl methyl sites for hydroxylation is 1. The first-order chi connectivity index (χ1) is 9.61. The zero-order valence-corrected chi connectivity index (χ0v) is 13.2. The number of amides is 1. The quantitative estimate of drug-likeness (QED) is 0.909. The molecular weight excluding hydrogens is 316 g/mol. The summed E-state index contributed by atoms with van der Waals surface area (Å²) in [7, 11) is 0. The Morgan fingerprint density at radius 3 is 2.70 bits per heavy atom. The molecule has 0 aromatic heterocycles. The summed E-state index contributed by atoms with van der Waals surface area (Å²) in [6.07, 6.45) is 5.65. The third-order valence-corrected chi connectivity index (χ3v) is 4.47. The fraction of sp³-hybridized carbons (Fsp3) is 0.500. The topological polar surface area (TPSA) is 52.9 Å². The van der Waals surface area contributed by atoms with Gasteiger partial charge in [0.2, 0.25) is 0 Å². The molecule has 0 aliphatic heterocycles. The molecule has 1 atom stereocenters. The molecule has 0 heterocycles. The van der Waals surface area contributed by atoms with Gasteiger partial charge in [0.25, 0.3) is 5.91 Å². The van der Waals surface area contributed by atoms with Gasteiger partial charge in [-0.05, 0) is 49.4 Å². The van der Waals surface area contributed by atoms with Crippen molar-refractivity contribution in [1.29, 1.82) is 5.26 Å². The molecule has 1 unspecified atom stereocenters. The SMILES string of the molecule is Cc1cc(Br)ccc1C(=O)NC(C#N)C1CCCCC1. The van der Waals surface area contributed by atoms with Crippen LogP contribution in [0.2, 0.25) is 0 Å².